The topological polar surface area (TPSA) is 125 Å². The Hall–Kier alpha value is -3.13. The van der Waals surface area contributed by atoms with Crippen molar-refractivity contribution in [1.82, 2.24) is 0 Å². The number of sulfonamides is 1. The van der Waals surface area contributed by atoms with E-state index in [2.05, 4.69) is 21.2 Å². The molecular weight excluding hydrogens is 593 g/mol. The van der Waals surface area contributed by atoms with Crippen LogP contribution in [0.2, 0.25) is 5.02 Å². The van der Waals surface area contributed by atoms with E-state index in [4.69, 9.17) is 26.2 Å². The third-order valence-corrected chi connectivity index (χ3v) is 6.35. The van der Waals surface area contributed by atoms with E-state index in [1.165, 1.54) is 0 Å². The van der Waals surface area contributed by atoms with Gasteiger partial charge >= 0.3 is 12.1 Å². The van der Waals surface area contributed by atoms with Crippen LogP contribution >= 0.6 is 27.5 Å². The number of nitrogens with one attached hydrogen (secondary N) is 1. The van der Waals surface area contributed by atoms with E-state index in [1.54, 1.807) is 24.3 Å². The number of carbonyl (C=O) groups is 2. The molecule has 0 heterocycles. The van der Waals surface area contributed by atoms with Gasteiger partial charge in [-0.25, -0.2) is 18.4 Å². The van der Waals surface area contributed by atoms with Crippen LogP contribution in [0, 0.1) is 0 Å². The molecule has 0 saturated heterocycles. The highest BCUT2D eigenvalue weighted by Crippen LogP contribution is 2.37. The van der Waals surface area contributed by atoms with Gasteiger partial charge in [-0.1, -0.05) is 27.5 Å². The molecule has 3 N–H and O–H groups in total. The quantitative estimate of drug-likeness (QED) is 0.349. The lowest BCUT2D eigenvalue weighted by Crippen LogP contribution is -2.22. The van der Waals surface area contributed by atoms with Crippen LogP contribution in [0.25, 0.3) is 0 Å². The van der Waals surface area contributed by atoms with Gasteiger partial charge in [-0.2, -0.15) is 13.2 Å². The first-order valence-corrected chi connectivity index (χ1v) is 12.4. The third-order valence-electron chi connectivity index (χ3n) is 4.43. The van der Waals surface area contributed by atoms with Gasteiger partial charge < -0.3 is 14.8 Å². The van der Waals surface area contributed by atoms with Gasteiger partial charge in [0.2, 0.25) is 10.0 Å². The van der Waals surface area contributed by atoms with Gasteiger partial charge in [0.15, 0.2) is 12.4 Å². The number of nitrogens with two attached hydrogens (primary N) is 1. The second-order valence-corrected chi connectivity index (χ2v) is 9.93. The zero-order valence-corrected chi connectivity index (χ0v) is 21.0. The molecule has 0 aromatic heterocycles. The summed E-state index contributed by atoms with van der Waals surface area (Å²) in [7, 11) is -4.24. The van der Waals surface area contributed by atoms with Crippen LogP contribution in [0.15, 0.2) is 70.0 Å². The van der Waals surface area contributed by atoms with Crippen molar-refractivity contribution in [2.45, 2.75) is 11.1 Å². The van der Waals surface area contributed by atoms with E-state index in [9.17, 15) is 31.2 Å². The second-order valence-electron chi connectivity index (χ2n) is 7.08. The van der Waals surface area contributed by atoms with Crippen LogP contribution in [0.4, 0.5) is 18.9 Å². The Morgan fingerprint density at radius 3 is 2.31 bits per heavy atom. The smallest absolute Gasteiger partial charge is 0.416 e. The molecular formula is C22H15BrClF3N2O6S. The molecule has 0 unspecified atom stereocenters. The van der Waals surface area contributed by atoms with Gasteiger partial charge in [0, 0.05) is 4.47 Å². The van der Waals surface area contributed by atoms with Crippen molar-refractivity contribution in [2.75, 3.05) is 11.9 Å². The lowest BCUT2D eigenvalue weighted by Gasteiger charge is -2.15. The van der Waals surface area contributed by atoms with Crippen molar-refractivity contribution in [3.8, 4) is 11.5 Å². The van der Waals surface area contributed by atoms with Crippen LogP contribution in [0.3, 0.4) is 0 Å². The first-order chi connectivity index (χ1) is 16.7. The molecule has 0 bridgehead atoms. The van der Waals surface area contributed by atoms with Crippen molar-refractivity contribution in [1.29, 1.82) is 0 Å². The maximum atomic E-state index is 13.2. The van der Waals surface area contributed by atoms with Crippen molar-refractivity contribution in [3.63, 3.8) is 0 Å². The summed E-state index contributed by atoms with van der Waals surface area (Å²) >= 11 is 9.01. The minimum atomic E-state index is -4.70. The molecule has 14 heteroatoms. The van der Waals surface area contributed by atoms with Crippen molar-refractivity contribution in [2.24, 2.45) is 5.14 Å². The molecule has 8 nitrogen and oxygen atoms in total. The molecule has 3 rings (SSSR count). The lowest BCUT2D eigenvalue weighted by molar-refractivity contribution is -0.137. The molecule has 0 radical (unpaired) electrons. The van der Waals surface area contributed by atoms with Gasteiger partial charge in [0.05, 0.1) is 21.8 Å². The van der Waals surface area contributed by atoms with E-state index in [1.807, 2.05) is 0 Å². The molecule has 0 fully saturated rings. The number of anilines is 1. The van der Waals surface area contributed by atoms with Crippen molar-refractivity contribution in [3.05, 3.63) is 81.3 Å². The largest absolute Gasteiger partial charge is 0.455 e. The zero-order chi connectivity index (χ0) is 26.7. The molecule has 0 spiro atoms. The first kappa shape index (κ1) is 27.5. The SMILES string of the molecule is NS(=O)(=O)c1cc(C(=O)OCC(=O)Nc2cc(C(F)(F)F)ccc2Oc2ccc(Br)cc2)ccc1Cl. The Kier molecular flexibility index (Phi) is 8.29. The lowest BCUT2D eigenvalue weighted by atomic mass is 10.1. The van der Waals surface area contributed by atoms with E-state index in [0.717, 1.165) is 34.8 Å². The summed E-state index contributed by atoms with van der Waals surface area (Å²) in [6, 6.07) is 12.0. The highest BCUT2D eigenvalue weighted by Gasteiger charge is 2.31. The molecule has 0 aliphatic carbocycles. The number of amides is 1. The van der Waals surface area contributed by atoms with Crippen LogP contribution < -0.4 is 15.2 Å². The predicted octanol–water partition coefficient (Wildman–Crippen LogP) is 5.36. The van der Waals surface area contributed by atoms with Gasteiger partial charge in [0.25, 0.3) is 5.91 Å². The van der Waals surface area contributed by atoms with E-state index in [0.29, 0.717) is 6.07 Å². The van der Waals surface area contributed by atoms with Gasteiger partial charge in [-0.05, 0) is 60.7 Å². The standard InChI is InChI=1S/C22H15BrClF3N2O6S/c23-14-3-5-15(6-4-14)35-18-8-2-13(22(25,26)27)10-17(18)29-20(30)11-34-21(31)12-1-7-16(24)19(9-12)36(28,32)33/h1-10H,11H2,(H,29,30)(H2,28,32,33). The number of benzene rings is 3. The second kappa shape index (κ2) is 10.9. The fourth-order valence-electron chi connectivity index (χ4n) is 2.77. The van der Waals surface area contributed by atoms with Gasteiger partial charge in [-0.3, -0.25) is 4.79 Å². The number of halogens is 5. The number of esters is 1. The molecule has 36 heavy (non-hydrogen) atoms. The molecule has 0 aliphatic heterocycles. The first-order valence-electron chi connectivity index (χ1n) is 9.68. The Labute approximate surface area is 216 Å². The van der Waals surface area contributed by atoms with E-state index >= 15 is 0 Å². The number of hydrogen-bond donors (Lipinski definition) is 2. The molecule has 0 saturated carbocycles. The summed E-state index contributed by atoms with van der Waals surface area (Å²) in [5.74, 6) is -1.89. The average molecular weight is 608 g/mol. The monoisotopic (exact) mass is 606 g/mol. The molecule has 3 aromatic carbocycles. The van der Waals surface area contributed by atoms with Crippen LogP contribution in [-0.4, -0.2) is 26.9 Å². The number of ether oxygens (including phenoxy) is 2. The van der Waals surface area contributed by atoms with Crippen LogP contribution in [0.1, 0.15) is 15.9 Å². The molecule has 3 aromatic rings. The Morgan fingerprint density at radius 1 is 1.03 bits per heavy atom. The van der Waals surface area contributed by atoms with Gasteiger partial charge in [0.1, 0.15) is 10.6 Å². The Balaban J connectivity index is 1.77. The average Bonchev–Trinajstić information content (AvgIpc) is 2.79. The van der Waals surface area contributed by atoms with E-state index in [-0.39, 0.29) is 27.8 Å². The maximum absolute atomic E-state index is 13.2. The highest BCUT2D eigenvalue weighted by atomic mass is 79.9. The summed E-state index contributed by atoms with van der Waals surface area (Å²) in [6.07, 6.45) is -4.70. The summed E-state index contributed by atoms with van der Waals surface area (Å²) in [5, 5.41) is 7.02. The molecule has 190 valence electrons. The van der Waals surface area contributed by atoms with Crippen molar-refractivity contribution < 1.29 is 40.7 Å². The highest BCUT2D eigenvalue weighted by molar-refractivity contribution is 9.10. The zero-order valence-electron chi connectivity index (χ0n) is 17.8. The number of carbonyl (C=O) groups excluding carboxylic acids is 2. The summed E-state index contributed by atoms with van der Waals surface area (Å²) in [6.45, 7) is -0.903. The third kappa shape index (κ3) is 7.20. The Bertz CT molecular complexity index is 1420. The Morgan fingerprint density at radius 2 is 1.69 bits per heavy atom. The fourth-order valence-corrected chi connectivity index (χ4v) is 4.11. The minimum absolute atomic E-state index is 0.0968. The summed E-state index contributed by atoms with van der Waals surface area (Å²) in [5.41, 5.74) is -1.64. The van der Waals surface area contributed by atoms with Crippen LogP contribution in [0.5, 0.6) is 11.5 Å². The predicted molar refractivity (Wildman–Crippen MR) is 127 cm³/mol. The van der Waals surface area contributed by atoms with Crippen LogP contribution in [-0.2, 0) is 25.7 Å². The van der Waals surface area contributed by atoms with E-state index < -0.39 is 45.1 Å². The normalized spacial score (nSPS) is 11.6. The maximum Gasteiger partial charge on any atom is 0.416 e. The van der Waals surface area contributed by atoms with Crippen molar-refractivity contribution >= 4 is 55.1 Å². The molecule has 0 aliphatic rings. The minimum Gasteiger partial charge on any atom is -0.455 e. The number of alkyl halides is 3. The summed E-state index contributed by atoms with van der Waals surface area (Å²) < 4.78 is 73.9. The molecule has 0 atom stereocenters. The van der Waals surface area contributed by atoms with Gasteiger partial charge in [-0.15, -0.1) is 0 Å². The fraction of sp³-hybridized carbons (Fsp3) is 0.0909. The number of primary sulfonamides is 1. The number of rotatable bonds is 7. The number of hydrogen-bond acceptors (Lipinski definition) is 6. The molecule has 1 amide bonds. The summed E-state index contributed by atoms with van der Waals surface area (Å²) in [4.78, 5) is 24.1.